The number of hydrogen-bond donors (Lipinski definition) is 0. The standard InChI is InChI=1S/C32H37FN2O5/c1-24(36)35-18-8-12-27-21-28(33)22-30(31(27)35)39-20-19-34(32(37)40-23-26-10-4-3-5-11-26)17-7-6-9-25-13-15-29(38-2)16-14-25/h3-5,10-11,13-16,21-22H,6-9,12,17-20,23H2,1-2H3. The average molecular weight is 549 g/mol. The molecular formula is C32H37FN2O5. The SMILES string of the molecule is COc1ccc(CCCCN(CCOc2cc(F)cc3c2N(C(C)=O)CCC3)C(=O)OCc2ccccc2)cc1. The molecule has 0 radical (unpaired) electrons. The van der Waals surface area contributed by atoms with Crippen molar-refractivity contribution >= 4 is 17.7 Å². The molecule has 1 heterocycles. The maximum atomic E-state index is 14.4. The third-order valence-electron chi connectivity index (χ3n) is 6.98. The molecule has 4 rings (SSSR count). The van der Waals surface area contributed by atoms with Gasteiger partial charge in [-0.05, 0) is 67.0 Å². The number of benzene rings is 3. The largest absolute Gasteiger partial charge is 0.497 e. The number of aryl methyl sites for hydroxylation is 2. The lowest BCUT2D eigenvalue weighted by atomic mass is 10.0. The van der Waals surface area contributed by atoms with Crippen LogP contribution in [0.2, 0.25) is 0 Å². The summed E-state index contributed by atoms with van der Waals surface area (Å²) in [5, 5.41) is 0. The summed E-state index contributed by atoms with van der Waals surface area (Å²) in [4.78, 5) is 28.6. The van der Waals surface area contributed by atoms with Crippen molar-refractivity contribution in [3.05, 3.63) is 89.2 Å². The van der Waals surface area contributed by atoms with Gasteiger partial charge in [0.2, 0.25) is 5.91 Å². The average Bonchev–Trinajstić information content (AvgIpc) is 2.97. The van der Waals surface area contributed by atoms with Gasteiger partial charge < -0.3 is 24.0 Å². The van der Waals surface area contributed by atoms with E-state index in [-0.39, 0.29) is 25.7 Å². The molecule has 7 nitrogen and oxygen atoms in total. The lowest BCUT2D eigenvalue weighted by Gasteiger charge is -2.31. The van der Waals surface area contributed by atoms with Crippen molar-refractivity contribution in [3.63, 3.8) is 0 Å². The molecule has 0 atom stereocenters. The fourth-order valence-corrected chi connectivity index (χ4v) is 4.88. The zero-order valence-corrected chi connectivity index (χ0v) is 23.2. The van der Waals surface area contributed by atoms with Crippen molar-refractivity contribution in [1.82, 2.24) is 4.90 Å². The summed E-state index contributed by atoms with van der Waals surface area (Å²) in [6.45, 7) is 3.14. The molecule has 0 bridgehead atoms. The molecule has 1 aliphatic rings. The van der Waals surface area contributed by atoms with Crippen LogP contribution in [0.15, 0.2) is 66.7 Å². The van der Waals surface area contributed by atoms with Gasteiger partial charge in [-0.2, -0.15) is 0 Å². The number of hydrogen-bond acceptors (Lipinski definition) is 5. The summed E-state index contributed by atoms with van der Waals surface area (Å²) in [7, 11) is 1.65. The molecule has 212 valence electrons. The number of amides is 2. The van der Waals surface area contributed by atoms with E-state index in [0.29, 0.717) is 30.9 Å². The minimum atomic E-state index is -0.427. The topological polar surface area (TPSA) is 68.3 Å². The molecule has 0 fully saturated rings. The van der Waals surface area contributed by atoms with E-state index in [0.717, 1.165) is 42.6 Å². The van der Waals surface area contributed by atoms with Gasteiger partial charge >= 0.3 is 6.09 Å². The third-order valence-corrected chi connectivity index (χ3v) is 6.98. The molecule has 8 heteroatoms. The predicted octanol–water partition coefficient (Wildman–Crippen LogP) is 6.17. The molecular weight excluding hydrogens is 511 g/mol. The highest BCUT2D eigenvalue weighted by molar-refractivity contribution is 5.94. The Kier molecular flexibility index (Phi) is 10.4. The first kappa shape index (κ1) is 28.9. The molecule has 3 aromatic rings. The van der Waals surface area contributed by atoms with Crippen LogP contribution in [-0.4, -0.2) is 50.3 Å². The Bertz CT molecular complexity index is 1270. The molecule has 0 saturated heterocycles. The number of methoxy groups -OCH3 is 1. The van der Waals surface area contributed by atoms with Crippen LogP contribution < -0.4 is 14.4 Å². The second-order valence-electron chi connectivity index (χ2n) is 9.87. The van der Waals surface area contributed by atoms with Crippen LogP contribution in [0.25, 0.3) is 0 Å². The van der Waals surface area contributed by atoms with Crippen molar-refractivity contribution in [2.45, 2.75) is 45.6 Å². The molecule has 0 saturated carbocycles. The van der Waals surface area contributed by atoms with Crippen LogP contribution in [0.5, 0.6) is 11.5 Å². The van der Waals surface area contributed by atoms with Crippen molar-refractivity contribution in [1.29, 1.82) is 0 Å². The maximum absolute atomic E-state index is 14.4. The molecule has 3 aromatic carbocycles. The van der Waals surface area contributed by atoms with E-state index in [4.69, 9.17) is 14.2 Å². The molecule has 0 aliphatic carbocycles. The lowest BCUT2D eigenvalue weighted by Crippen LogP contribution is -2.36. The van der Waals surface area contributed by atoms with E-state index in [1.807, 2.05) is 54.6 Å². The highest BCUT2D eigenvalue weighted by Crippen LogP contribution is 2.37. The number of rotatable bonds is 12. The Hall–Kier alpha value is -4.07. The highest BCUT2D eigenvalue weighted by atomic mass is 19.1. The molecule has 0 N–H and O–H groups in total. The van der Waals surface area contributed by atoms with E-state index < -0.39 is 11.9 Å². The van der Waals surface area contributed by atoms with Gasteiger partial charge in [0.05, 0.1) is 19.3 Å². The molecule has 0 aromatic heterocycles. The molecule has 40 heavy (non-hydrogen) atoms. The minimum Gasteiger partial charge on any atom is -0.497 e. The van der Waals surface area contributed by atoms with Gasteiger partial charge in [0.25, 0.3) is 0 Å². The Labute approximate surface area is 235 Å². The molecule has 2 amide bonds. The summed E-state index contributed by atoms with van der Waals surface area (Å²) < 4.78 is 31.2. The third kappa shape index (κ3) is 7.97. The number of unbranched alkanes of at least 4 members (excludes halogenated alkanes) is 1. The minimum absolute atomic E-state index is 0.111. The highest BCUT2D eigenvalue weighted by Gasteiger charge is 2.25. The summed E-state index contributed by atoms with van der Waals surface area (Å²) in [5.74, 6) is 0.626. The normalized spacial score (nSPS) is 12.4. The summed E-state index contributed by atoms with van der Waals surface area (Å²) in [6, 6.07) is 20.3. The van der Waals surface area contributed by atoms with Crippen LogP contribution >= 0.6 is 0 Å². The number of ether oxygens (including phenoxy) is 3. The fraction of sp³-hybridized carbons (Fsp3) is 0.375. The molecule has 0 spiro atoms. The zero-order valence-electron chi connectivity index (χ0n) is 23.2. The zero-order chi connectivity index (χ0) is 28.3. The van der Waals surface area contributed by atoms with E-state index >= 15 is 0 Å². The van der Waals surface area contributed by atoms with Crippen LogP contribution in [0.1, 0.15) is 42.9 Å². The number of anilines is 1. The van der Waals surface area contributed by atoms with Gasteiger partial charge in [0.1, 0.15) is 30.5 Å². The molecule has 0 unspecified atom stereocenters. The van der Waals surface area contributed by atoms with Crippen molar-refractivity contribution in [2.75, 3.05) is 38.3 Å². The summed E-state index contributed by atoms with van der Waals surface area (Å²) in [5.41, 5.74) is 3.49. The van der Waals surface area contributed by atoms with E-state index in [2.05, 4.69) is 0 Å². The van der Waals surface area contributed by atoms with Gasteiger partial charge in [0, 0.05) is 26.1 Å². The van der Waals surface area contributed by atoms with E-state index in [9.17, 15) is 14.0 Å². The van der Waals surface area contributed by atoms with Gasteiger partial charge in [-0.15, -0.1) is 0 Å². The molecule has 1 aliphatic heterocycles. The Morgan fingerprint density at radius 3 is 2.48 bits per heavy atom. The quantitative estimate of drug-likeness (QED) is 0.253. The first-order chi connectivity index (χ1) is 19.4. The second-order valence-corrected chi connectivity index (χ2v) is 9.87. The number of carbonyl (C=O) groups excluding carboxylic acids is 2. The van der Waals surface area contributed by atoms with Crippen molar-refractivity contribution in [2.24, 2.45) is 0 Å². The predicted molar refractivity (Wildman–Crippen MR) is 152 cm³/mol. The smallest absolute Gasteiger partial charge is 0.410 e. The monoisotopic (exact) mass is 548 g/mol. The number of nitrogens with zero attached hydrogens (tertiary/aromatic N) is 2. The Morgan fingerprint density at radius 1 is 0.975 bits per heavy atom. The van der Waals surface area contributed by atoms with Crippen molar-refractivity contribution in [3.8, 4) is 11.5 Å². The fourth-order valence-electron chi connectivity index (χ4n) is 4.88. The van der Waals surface area contributed by atoms with Gasteiger partial charge in [-0.3, -0.25) is 4.79 Å². The van der Waals surface area contributed by atoms with Crippen LogP contribution in [0, 0.1) is 5.82 Å². The Morgan fingerprint density at radius 2 is 1.75 bits per heavy atom. The van der Waals surface area contributed by atoms with Crippen LogP contribution in [-0.2, 0) is 29.0 Å². The second kappa shape index (κ2) is 14.4. The van der Waals surface area contributed by atoms with Gasteiger partial charge in [-0.25, -0.2) is 9.18 Å². The number of halogens is 1. The van der Waals surface area contributed by atoms with E-state index in [1.165, 1.54) is 24.6 Å². The van der Waals surface area contributed by atoms with Crippen LogP contribution in [0.4, 0.5) is 14.9 Å². The maximum Gasteiger partial charge on any atom is 0.410 e. The van der Waals surface area contributed by atoms with Crippen LogP contribution in [0.3, 0.4) is 0 Å². The first-order valence-electron chi connectivity index (χ1n) is 13.8. The summed E-state index contributed by atoms with van der Waals surface area (Å²) in [6.07, 6.45) is 3.57. The Balaban J connectivity index is 1.38. The first-order valence-corrected chi connectivity index (χ1v) is 13.8. The van der Waals surface area contributed by atoms with Gasteiger partial charge in [-0.1, -0.05) is 42.5 Å². The number of carbonyl (C=O) groups is 2. The van der Waals surface area contributed by atoms with Crippen molar-refractivity contribution < 1.29 is 28.2 Å². The van der Waals surface area contributed by atoms with Gasteiger partial charge in [0.15, 0.2) is 0 Å². The van der Waals surface area contributed by atoms with E-state index in [1.54, 1.807) is 16.9 Å². The lowest BCUT2D eigenvalue weighted by molar-refractivity contribution is -0.116. The number of fused-ring (bicyclic) bond motifs is 1. The summed E-state index contributed by atoms with van der Waals surface area (Å²) >= 11 is 0.